The molecule has 3 heteroatoms. The van der Waals surface area contributed by atoms with Crippen LogP contribution in [0.4, 0.5) is 0 Å². The maximum absolute atomic E-state index is 11.5. The van der Waals surface area contributed by atoms with Crippen molar-refractivity contribution in [1.29, 1.82) is 0 Å². The van der Waals surface area contributed by atoms with Crippen LogP contribution in [0.1, 0.15) is 61.9 Å². The lowest BCUT2D eigenvalue weighted by Crippen LogP contribution is -2.50. The molecule has 1 aliphatic heterocycles. The minimum atomic E-state index is -0.332. The molecule has 1 saturated carbocycles. The van der Waals surface area contributed by atoms with Crippen molar-refractivity contribution < 1.29 is 4.79 Å². The zero-order valence-electron chi connectivity index (χ0n) is 13.8. The van der Waals surface area contributed by atoms with E-state index in [1.165, 1.54) is 44.3 Å². The van der Waals surface area contributed by atoms with Crippen molar-refractivity contribution in [3.63, 3.8) is 0 Å². The SMILES string of the molecule is C[C@H]1CN(C2CCCC2)CC[C@@]1(C)c1cccc(C(N)=O)c1. The van der Waals surface area contributed by atoms with Gasteiger partial charge in [0.1, 0.15) is 0 Å². The average Bonchev–Trinajstić information content (AvgIpc) is 3.04. The van der Waals surface area contributed by atoms with Crippen molar-refractivity contribution in [2.45, 2.75) is 57.4 Å². The van der Waals surface area contributed by atoms with E-state index in [1.807, 2.05) is 18.2 Å². The Morgan fingerprint density at radius 3 is 2.68 bits per heavy atom. The average molecular weight is 300 g/mol. The van der Waals surface area contributed by atoms with Crippen LogP contribution >= 0.6 is 0 Å². The van der Waals surface area contributed by atoms with Crippen molar-refractivity contribution in [2.75, 3.05) is 13.1 Å². The number of primary amides is 1. The first-order valence-corrected chi connectivity index (χ1v) is 8.65. The van der Waals surface area contributed by atoms with Gasteiger partial charge in [-0.25, -0.2) is 0 Å². The van der Waals surface area contributed by atoms with E-state index in [0.29, 0.717) is 11.5 Å². The fourth-order valence-electron chi connectivity index (χ4n) is 4.32. The lowest BCUT2D eigenvalue weighted by Gasteiger charge is -2.47. The Labute approximate surface area is 133 Å². The Balaban J connectivity index is 1.78. The zero-order valence-corrected chi connectivity index (χ0v) is 13.8. The molecule has 3 nitrogen and oxygen atoms in total. The molecule has 2 N–H and O–H groups in total. The van der Waals surface area contributed by atoms with E-state index >= 15 is 0 Å². The maximum atomic E-state index is 11.5. The van der Waals surface area contributed by atoms with Gasteiger partial charge in [-0.15, -0.1) is 0 Å². The van der Waals surface area contributed by atoms with Gasteiger partial charge in [0.05, 0.1) is 0 Å². The second-order valence-electron chi connectivity index (χ2n) is 7.45. The summed E-state index contributed by atoms with van der Waals surface area (Å²) in [6.45, 7) is 7.05. The smallest absolute Gasteiger partial charge is 0.248 e. The molecule has 0 radical (unpaired) electrons. The van der Waals surface area contributed by atoms with Crippen molar-refractivity contribution in [2.24, 2.45) is 11.7 Å². The first kappa shape index (κ1) is 15.5. The van der Waals surface area contributed by atoms with Gasteiger partial charge in [0.25, 0.3) is 0 Å². The summed E-state index contributed by atoms with van der Waals surface area (Å²) in [4.78, 5) is 14.2. The van der Waals surface area contributed by atoms with Crippen molar-refractivity contribution in [3.8, 4) is 0 Å². The van der Waals surface area contributed by atoms with Crippen LogP contribution in [-0.2, 0) is 5.41 Å². The third-order valence-corrected chi connectivity index (χ3v) is 6.16. The predicted octanol–water partition coefficient (Wildman–Crippen LogP) is 3.33. The molecule has 22 heavy (non-hydrogen) atoms. The van der Waals surface area contributed by atoms with Gasteiger partial charge >= 0.3 is 0 Å². The second kappa shape index (κ2) is 6.04. The van der Waals surface area contributed by atoms with Crippen LogP contribution in [0.25, 0.3) is 0 Å². The number of nitrogens with two attached hydrogens (primary N) is 1. The monoisotopic (exact) mass is 300 g/mol. The highest BCUT2D eigenvalue weighted by atomic mass is 16.1. The number of hydrogen-bond acceptors (Lipinski definition) is 2. The molecule has 1 amide bonds. The number of amides is 1. The molecular formula is C19H28N2O. The lowest BCUT2D eigenvalue weighted by atomic mass is 9.67. The van der Waals surface area contributed by atoms with Gasteiger partial charge in [0, 0.05) is 18.2 Å². The Morgan fingerprint density at radius 1 is 1.32 bits per heavy atom. The Bertz CT molecular complexity index is 550. The van der Waals surface area contributed by atoms with Crippen LogP contribution in [0.15, 0.2) is 24.3 Å². The normalized spacial score (nSPS) is 30.5. The van der Waals surface area contributed by atoms with Crippen LogP contribution in [0, 0.1) is 5.92 Å². The van der Waals surface area contributed by atoms with Crippen LogP contribution in [0.3, 0.4) is 0 Å². The van der Waals surface area contributed by atoms with Gasteiger partial charge in [0.15, 0.2) is 0 Å². The van der Waals surface area contributed by atoms with Gasteiger partial charge < -0.3 is 10.6 Å². The predicted molar refractivity (Wildman–Crippen MR) is 89.9 cm³/mol. The Morgan fingerprint density at radius 2 is 2.05 bits per heavy atom. The van der Waals surface area contributed by atoms with Crippen LogP contribution < -0.4 is 5.73 Å². The summed E-state index contributed by atoms with van der Waals surface area (Å²) in [6, 6.07) is 8.76. The van der Waals surface area contributed by atoms with Gasteiger partial charge in [0.2, 0.25) is 5.91 Å². The number of piperidine rings is 1. The number of hydrogen-bond donors (Lipinski definition) is 1. The summed E-state index contributed by atoms with van der Waals surface area (Å²) >= 11 is 0. The molecule has 0 spiro atoms. The zero-order chi connectivity index (χ0) is 15.7. The highest BCUT2D eigenvalue weighted by molar-refractivity contribution is 5.92. The minimum Gasteiger partial charge on any atom is -0.366 e. The number of benzene rings is 1. The Hall–Kier alpha value is -1.35. The summed E-state index contributed by atoms with van der Waals surface area (Å²) in [6.07, 6.45) is 6.70. The van der Waals surface area contributed by atoms with E-state index in [2.05, 4.69) is 24.8 Å². The van der Waals surface area contributed by atoms with E-state index in [0.717, 1.165) is 12.5 Å². The summed E-state index contributed by atoms with van der Waals surface area (Å²) in [5, 5.41) is 0. The largest absolute Gasteiger partial charge is 0.366 e. The van der Waals surface area contributed by atoms with Crippen LogP contribution in [-0.4, -0.2) is 29.9 Å². The van der Waals surface area contributed by atoms with Crippen molar-refractivity contribution in [3.05, 3.63) is 35.4 Å². The second-order valence-corrected chi connectivity index (χ2v) is 7.45. The fourth-order valence-corrected chi connectivity index (χ4v) is 4.32. The molecular weight excluding hydrogens is 272 g/mol. The molecule has 1 heterocycles. The van der Waals surface area contributed by atoms with Gasteiger partial charge in [-0.3, -0.25) is 4.79 Å². The topological polar surface area (TPSA) is 46.3 Å². The summed E-state index contributed by atoms with van der Waals surface area (Å²) in [5.41, 5.74) is 7.48. The number of carbonyl (C=O) groups is 1. The van der Waals surface area contributed by atoms with E-state index < -0.39 is 0 Å². The Kier molecular flexibility index (Phi) is 4.26. The number of likely N-dealkylation sites (tertiary alicyclic amines) is 1. The standard InChI is InChI=1S/C19H28N2O/c1-14-13-21(17-8-3-4-9-17)11-10-19(14,2)16-7-5-6-15(12-16)18(20)22/h5-7,12,14,17H,3-4,8-11,13H2,1-2H3,(H2,20,22)/t14-,19+/m0/s1. The molecule has 1 saturated heterocycles. The molecule has 120 valence electrons. The van der Waals surface area contributed by atoms with Gasteiger partial charge in [-0.2, -0.15) is 0 Å². The molecule has 2 fully saturated rings. The number of rotatable bonds is 3. The van der Waals surface area contributed by atoms with Gasteiger partial charge in [-0.1, -0.05) is 38.8 Å². The molecule has 1 aliphatic carbocycles. The number of carbonyl (C=O) groups excluding carboxylic acids is 1. The van der Waals surface area contributed by atoms with Crippen molar-refractivity contribution >= 4 is 5.91 Å². The highest BCUT2D eigenvalue weighted by Gasteiger charge is 2.40. The highest BCUT2D eigenvalue weighted by Crippen LogP contribution is 2.41. The molecule has 1 aromatic rings. The third kappa shape index (κ3) is 2.79. The third-order valence-electron chi connectivity index (χ3n) is 6.16. The maximum Gasteiger partial charge on any atom is 0.248 e. The van der Waals surface area contributed by atoms with E-state index in [1.54, 1.807) is 0 Å². The molecule has 0 aromatic heterocycles. The molecule has 1 aromatic carbocycles. The molecule has 3 rings (SSSR count). The van der Waals surface area contributed by atoms with Crippen LogP contribution in [0.2, 0.25) is 0 Å². The quantitative estimate of drug-likeness (QED) is 0.930. The lowest BCUT2D eigenvalue weighted by molar-refractivity contribution is 0.0767. The summed E-state index contributed by atoms with van der Waals surface area (Å²) in [5.74, 6) is 0.256. The molecule has 2 atom stereocenters. The fraction of sp³-hybridized carbons (Fsp3) is 0.632. The van der Waals surface area contributed by atoms with Crippen LogP contribution in [0.5, 0.6) is 0 Å². The minimum absolute atomic E-state index is 0.139. The summed E-state index contributed by atoms with van der Waals surface area (Å²) < 4.78 is 0. The van der Waals surface area contributed by atoms with E-state index in [4.69, 9.17) is 5.73 Å². The van der Waals surface area contributed by atoms with E-state index in [-0.39, 0.29) is 11.3 Å². The number of nitrogens with zero attached hydrogens (tertiary/aromatic N) is 1. The van der Waals surface area contributed by atoms with Gasteiger partial charge in [-0.05, 0) is 54.8 Å². The first-order chi connectivity index (χ1) is 10.5. The molecule has 2 aliphatic rings. The first-order valence-electron chi connectivity index (χ1n) is 8.65. The van der Waals surface area contributed by atoms with E-state index in [9.17, 15) is 4.79 Å². The van der Waals surface area contributed by atoms with Crippen molar-refractivity contribution in [1.82, 2.24) is 4.90 Å². The molecule has 0 bridgehead atoms. The summed E-state index contributed by atoms with van der Waals surface area (Å²) in [7, 11) is 0. The molecule has 0 unspecified atom stereocenters.